The van der Waals surface area contributed by atoms with Crippen LogP contribution in [0.1, 0.15) is 68.1 Å². The number of carbonyl (C=O) groups is 1. The molecule has 3 aromatic carbocycles. The normalized spacial score (nSPS) is 10.7. The van der Waals surface area contributed by atoms with Crippen LogP contribution < -0.4 is 4.74 Å². The minimum atomic E-state index is -0.219. The molecule has 0 aliphatic rings. The SMILES string of the molecule is O=C(OCCCCCCCCCCCOc1ccccc1-c1ccccc1)c1ccccc1. The molecule has 0 aliphatic heterocycles. The predicted octanol–water partition coefficient (Wildman–Crippen LogP) is 8.10. The molecule has 0 aliphatic carbocycles. The van der Waals surface area contributed by atoms with E-state index < -0.39 is 0 Å². The Hall–Kier alpha value is -3.07. The highest BCUT2D eigenvalue weighted by Crippen LogP contribution is 2.29. The highest BCUT2D eigenvalue weighted by atomic mass is 16.5. The summed E-state index contributed by atoms with van der Waals surface area (Å²) >= 11 is 0. The van der Waals surface area contributed by atoms with Gasteiger partial charge in [-0.3, -0.25) is 0 Å². The summed E-state index contributed by atoms with van der Waals surface area (Å²) < 4.78 is 11.4. The summed E-state index contributed by atoms with van der Waals surface area (Å²) in [7, 11) is 0. The molecule has 3 rings (SSSR count). The highest BCUT2D eigenvalue weighted by Gasteiger charge is 2.06. The zero-order valence-corrected chi connectivity index (χ0v) is 19.6. The lowest BCUT2D eigenvalue weighted by Gasteiger charge is -2.11. The molecule has 0 amide bonds. The molecule has 0 atom stereocenters. The summed E-state index contributed by atoms with van der Waals surface area (Å²) in [5.41, 5.74) is 2.98. The van der Waals surface area contributed by atoms with Crippen molar-refractivity contribution in [2.45, 2.75) is 57.8 Å². The Bertz CT molecular complexity index is 922. The van der Waals surface area contributed by atoms with E-state index in [4.69, 9.17) is 9.47 Å². The minimum absolute atomic E-state index is 0.219. The second-order valence-corrected chi connectivity index (χ2v) is 8.39. The molecular formula is C30H36O3. The Kier molecular flexibility index (Phi) is 11.1. The van der Waals surface area contributed by atoms with Gasteiger partial charge >= 0.3 is 5.97 Å². The largest absolute Gasteiger partial charge is 0.493 e. The molecule has 0 aromatic heterocycles. The maximum atomic E-state index is 11.9. The predicted molar refractivity (Wildman–Crippen MR) is 136 cm³/mol. The van der Waals surface area contributed by atoms with Crippen LogP contribution >= 0.6 is 0 Å². The molecular weight excluding hydrogens is 408 g/mol. The van der Waals surface area contributed by atoms with Crippen molar-refractivity contribution in [2.24, 2.45) is 0 Å². The van der Waals surface area contributed by atoms with Crippen LogP contribution in [0, 0.1) is 0 Å². The van der Waals surface area contributed by atoms with Gasteiger partial charge in [-0.2, -0.15) is 0 Å². The molecule has 0 fully saturated rings. The molecule has 174 valence electrons. The van der Waals surface area contributed by atoms with Crippen molar-refractivity contribution in [2.75, 3.05) is 13.2 Å². The number of hydrogen-bond acceptors (Lipinski definition) is 3. The van der Waals surface area contributed by atoms with E-state index in [0.717, 1.165) is 37.2 Å². The number of carbonyl (C=O) groups excluding carboxylic acids is 1. The summed E-state index contributed by atoms with van der Waals surface area (Å²) in [6, 6.07) is 27.9. The van der Waals surface area contributed by atoms with E-state index in [1.165, 1.54) is 44.1 Å². The Balaban J connectivity index is 1.16. The van der Waals surface area contributed by atoms with Crippen LogP contribution in [0.3, 0.4) is 0 Å². The zero-order chi connectivity index (χ0) is 23.0. The van der Waals surface area contributed by atoms with Crippen LogP contribution in [0.5, 0.6) is 5.75 Å². The molecule has 0 unspecified atom stereocenters. The number of hydrogen-bond donors (Lipinski definition) is 0. The first-order valence-electron chi connectivity index (χ1n) is 12.3. The van der Waals surface area contributed by atoms with Gasteiger partial charge < -0.3 is 9.47 Å². The molecule has 3 heteroatoms. The van der Waals surface area contributed by atoms with Crippen molar-refractivity contribution in [3.8, 4) is 16.9 Å². The number of rotatable bonds is 15. The first-order chi connectivity index (χ1) is 16.3. The molecule has 0 N–H and O–H groups in total. The van der Waals surface area contributed by atoms with E-state index in [2.05, 4.69) is 42.5 Å². The topological polar surface area (TPSA) is 35.5 Å². The number of para-hydroxylation sites is 1. The lowest BCUT2D eigenvalue weighted by atomic mass is 10.0. The number of benzene rings is 3. The Morgan fingerprint density at radius 3 is 1.73 bits per heavy atom. The van der Waals surface area contributed by atoms with E-state index in [0.29, 0.717) is 12.2 Å². The van der Waals surface area contributed by atoms with Gasteiger partial charge in [-0.15, -0.1) is 0 Å². The molecule has 3 aromatic rings. The van der Waals surface area contributed by atoms with Crippen LogP contribution in [-0.2, 0) is 4.74 Å². The second kappa shape index (κ2) is 14.9. The average Bonchev–Trinajstić information content (AvgIpc) is 2.88. The highest BCUT2D eigenvalue weighted by molar-refractivity contribution is 5.89. The molecule has 33 heavy (non-hydrogen) atoms. The third-order valence-corrected chi connectivity index (χ3v) is 5.76. The van der Waals surface area contributed by atoms with E-state index in [-0.39, 0.29) is 5.97 Å². The summed E-state index contributed by atoms with van der Waals surface area (Å²) in [6.07, 6.45) is 10.7. The maximum Gasteiger partial charge on any atom is 0.338 e. The zero-order valence-electron chi connectivity index (χ0n) is 19.6. The van der Waals surface area contributed by atoms with Crippen molar-refractivity contribution < 1.29 is 14.3 Å². The molecule has 0 spiro atoms. The number of ether oxygens (including phenoxy) is 2. The molecule has 0 saturated heterocycles. The smallest absolute Gasteiger partial charge is 0.338 e. The fourth-order valence-electron chi connectivity index (χ4n) is 3.89. The van der Waals surface area contributed by atoms with Gasteiger partial charge in [0, 0.05) is 5.56 Å². The van der Waals surface area contributed by atoms with Crippen LogP contribution in [0.2, 0.25) is 0 Å². The van der Waals surface area contributed by atoms with E-state index in [9.17, 15) is 4.79 Å². The van der Waals surface area contributed by atoms with E-state index >= 15 is 0 Å². The lowest BCUT2D eigenvalue weighted by molar-refractivity contribution is 0.0497. The van der Waals surface area contributed by atoms with Gasteiger partial charge in [-0.05, 0) is 36.6 Å². The Morgan fingerprint density at radius 2 is 1.06 bits per heavy atom. The number of unbranched alkanes of at least 4 members (excludes halogenated alkanes) is 8. The lowest BCUT2D eigenvalue weighted by Crippen LogP contribution is -2.06. The molecule has 0 heterocycles. The van der Waals surface area contributed by atoms with Crippen molar-refractivity contribution in [3.63, 3.8) is 0 Å². The van der Waals surface area contributed by atoms with Gasteiger partial charge in [0.05, 0.1) is 18.8 Å². The average molecular weight is 445 g/mol. The van der Waals surface area contributed by atoms with Crippen LogP contribution in [0.25, 0.3) is 11.1 Å². The van der Waals surface area contributed by atoms with Crippen molar-refractivity contribution in [3.05, 3.63) is 90.5 Å². The Morgan fingerprint density at radius 1 is 0.545 bits per heavy atom. The minimum Gasteiger partial charge on any atom is -0.493 e. The maximum absolute atomic E-state index is 11.9. The van der Waals surface area contributed by atoms with Gasteiger partial charge in [0.1, 0.15) is 5.75 Å². The number of esters is 1. The third kappa shape index (κ3) is 9.13. The molecule has 3 nitrogen and oxygen atoms in total. The summed E-state index contributed by atoms with van der Waals surface area (Å²) in [6.45, 7) is 1.28. The van der Waals surface area contributed by atoms with Gasteiger partial charge in [0.15, 0.2) is 0 Å². The fraction of sp³-hybridized carbons (Fsp3) is 0.367. The van der Waals surface area contributed by atoms with Gasteiger partial charge in [-0.25, -0.2) is 4.79 Å². The monoisotopic (exact) mass is 444 g/mol. The molecule has 0 bridgehead atoms. The quantitative estimate of drug-likeness (QED) is 0.175. The molecule has 0 radical (unpaired) electrons. The van der Waals surface area contributed by atoms with E-state index in [1.807, 2.05) is 30.3 Å². The first-order valence-corrected chi connectivity index (χ1v) is 12.3. The fourth-order valence-corrected chi connectivity index (χ4v) is 3.89. The van der Waals surface area contributed by atoms with Crippen molar-refractivity contribution in [1.82, 2.24) is 0 Å². The van der Waals surface area contributed by atoms with Crippen LogP contribution in [0.4, 0.5) is 0 Å². The summed E-state index contributed by atoms with van der Waals surface area (Å²) in [4.78, 5) is 11.9. The standard InChI is InChI=1S/C30H36O3/c31-30(27-20-12-9-13-21-27)33-25-17-7-5-3-1-2-4-6-16-24-32-29-23-15-14-22-28(29)26-18-10-8-11-19-26/h8-15,18-23H,1-7,16-17,24-25H2. The molecule has 0 saturated carbocycles. The summed E-state index contributed by atoms with van der Waals surface area (Å²) in [5.74, 6) is 0.751. The Labute approximate surface area is 198 Å². The van der Waals surface area contributed by atoms with Crippen molar-refractivity contribution >= 4 is 5.97 Å². The van der Waals surface area contributed by atoms with Gasteiger partial charge in [0.25, 0.3) is 0 Å². The third-order valence-electron chi connectivity index (χ3n) is 5.76. The van der Waals surface area contributed by atoms with Crippen LogP contribution in [0.15, 0.2) is 84.9 Å². The second-order valence-electron chi connectivity index (χ2n) is 8.39. The van der Waals surface area contributed by atoms with Gasteiger partial charge in [-0.1, -0.05) is 112 Å². The summed E-state index contributed by atoms with van der Waals surface area (Å²) in [5, 5.41) is 0. The van der Waals surface area contributed by atoms with Crippen LogP contribution in [-0.4, -0.2) is 19.2 Å². The van der Waals surface area contributed by atoms with Crippen molar-refractivity contribution in [1.29, 1.82) is 0 Å². The first kappa shape index (κ1) is 24.6. The van der Waals surface area contributed by atoms with Gasteiger partial charge in [0.2, 0.25) is 0 Å². The van der Waals surface area contributed by atoms with E-state index in [1.54, 1.807) is 12.1 Å².